The van der Waals surface area contributed by atoms with Gasteiger partial charge in [0.2, 0.25) is 0 Å². The lowest BCUT2D eigenvalue weighted by Crippen LogP contribution is -2.55. The van der Waals surface area contributed by atoms with Gasteiger partial charge < -0.3 is 15.5 Å². The number of para-hydroxylation sites is 1. The molecule has 32 heavy (non-hydrogen) atoms. The van der Waals surface area contributed by atoms with E-state index in [4.69, 9.17) is 0 Å². The standard InChI is InChI=1S/C28H39NO3/c1-18(2)9-8-15-27(5)23-13-12-20(19(3)26(23,4)16-14-24(27)30)17-28(32)21-10-6-7-11-22(21)29-25(28)31/h6-7,9-11,20,23-24,30,32H,3,8,12-17H2,1-2,4-5H3,(H,29,31)/t20-,23+,24-,26+,27-,28-/m0/s1. The average molecular weight is 438 g/mol. The lowest BCUT2D eigenvalue weighted by Gasteiger charge is -2.59. The van der Waals surface area contributed by atoms with E-state index in [1.807, 2.05) is 24.3 Å². The minimum absolute atomic E-state index is 0.0791. The summed E-state index contributed by atoms with van der Waals surface area (Å²) in [6.07, 6.45) is 7.86. The van der Waals surface area contributed by atoms with Gasteiger partial charge in [0.15, 0.2) is 5.60 Å². The minimum Gasteiger partial charge on any atom is -0.393 e. The highest BCUT2D eigenvalue weighted by atomic mass is 16.3. The Labute approximate surface area is 192 Å². The van der Waals surface area contributed by atoms with Gasteiger partial charge in [0.05, 0.1) is 6.10 Å². The number of allylic oxidation sites excluding steroid dienone is 3. The molecule has 1 aliphatic heterocycles. The number of aliphatic hydroxyl groups excluding tert-OH is 1. The van der Waals surface area contributed by atoms with Crippen LogP contribution in [0.2, 0.25) is 0 Å². The van der Waals surface area contributed by atoms with Gasteiger partial charge in [-0.05, 0) is 87.5 Å². The zero-order valence-electron chi connectivity index (χ0n) is 20.1. The van der Waals surface area contributed by atoms with Crippen LogP contribution in [0.4, 0.5) is 5.69 Å². The van der Waals surface area contributed by atoms with E-state index in [2.05, 4.69) is 45.7 Å². The number of carbonyl (C=O) groups excluding carboxylic acids is 1. The highest BCUT2D eigenvalue weighted by molar-refractivity contribution is 6.04. The molecule has 6 atom stereocenters. The normalized spacial score (nSPS) is 38.6. The van der Waals surface area contributed by atoms with Gasteiger partial charge in [-0.1, -0.05) is 55.8 Å². The van der Waals surface area contributed by atoms with Crippen molar-refractivity contribution < 1.29 is 15.0 Å². The van der Waals surface area contributed by atoms with Gasteiger partial charge in [-0.15, -0.1) is 0 Å². The smallest absolute Gasteiger partial charge is 0.261 e. The van der Waals surface area contributed by atoms with Crippen LogP contribution >= 0.6 is 0 Å². The lowest BCUT2D eigenvalue weighted by atomic mass is 9.46. The molecule has 4 heteroatoms. The third kappa shape index (κ3) is 3.56. The van der Waals surface area contributed by atoms with Crippen LogP contribution in [-0.4, -0.2) is 22.2 Å². The predicted molar refractivity (Wildman–Crippen MR) is 129 cm³/mol. The van der Waals surface area contributed by atoms with E-state index in [0.29, 0.717) is 23.6 Å². The summed E-state index contributed by atoms with van der Waals surface area (Å²) >= 11 is 0. The maximum Gasteiger partial charge on any atom is 0.261 e. The van der Waals surface area contributed by atoms with E-state index in [0.717, 1.165) is 44.1 Å². The molecule has 1 aromatic carbocycles. The van der Waals surface area contributed by atoms with Crippen molar-refractivity contribution in [2.75, 3.05) is 5.32 Å². The molecule has 1 amide bonds. The highest BCUT2D eigenvalue weighted by Crippen LogP contribution is 2.63. The van der Waals surface area contributed by atoms with Crippen LogP contribution in [0.5, 0.6) is 0 Å². The van der Waals surface area contributed by atoms with Gasteiger partial charge in [-0.3, -0.25) is 4.79 Å². The molecular formula is C28H39NO3. The largest absolute Gasteiger partial charge is 0.393 e. The van der Waals surface area contributed by atoms with Gasteiger partial charge in [0.25, 0.3) is 5.91 Å². The van der Waals surface area contributed by atoms with Gasteiger partial charge in [0.1, 0.15) is 0 Å². The lowest BCUT2D eigenvalue weighted by molar-refractivity contribution is -0.138. The molecule has 2 aliphatic carbocycles. The second-order valence-electron chi connectivity index (χ2n) is 11.2. The first-order valence-electron chi connectivity index (χ1n) is 12.2. The van der Waals surface area contributed by atoms with Crippen molar-refractivity contribution >= 4 is 11.6 Å². The number of hydrogen-bond acceptors (Lipinski definition) is 3. The number of carbonyl (C=O) groups is 1. The van der Waals surface area contributed by atoms with E-state index >= 15 is 0 Å². The zero-order valence-corrected chi connectivity index (χ0v) is 20.1. The van der Waals surface area contributed by atoms with E-state index in [1.165, 1.54) is 5.57 Å². The van der Waals surface area contributed by atoms with Crippen molar-refractivity contribution in [1.29, 1.82) is 0 Å². The molecular weight excluding hydrogens is 398 g/mol. The Morgan fingerprint density at radius 3 is 2.66 bits per heavy atom. The van der Waals surface area contributed by atoms with Crippen LogP contribution in [0.15, 0.2) is 48.1 Å². The molecule has 3 N–H and O–H groups in total. The van der Waals surface area contributed by atoms with Crippen LogP contribution in [-0.2, 0) is 10.4 Å². The maximum atomic E-state index is 12.8. The van der Waals surface area contributed by atoms with Crippen LogP contribution in [0.1, 0.15) is 78.2 Å². The number of fused-ring (bicyclic) bond motifs is 2. The van der Waals surface area contributed by atoms with Crippen molar-refractivity contribution in [3.63, 3.8) is 0 Å². The third-order valence-corrected chi connectivity index (χ3v) is 9.07. The summed E-state index contributed by atoms with van der Waals surface area (Å²) in [7, 11) is 0. The van der Waals surface area contributed by atoms with Gasteiger partial charge in [-0.2, -0.15) is 0 Å². The molecule has 0 unspecified atom stereocenters. The molecule has 4 nitrogen and oxygen atoms in total. The summed E-state index contributed by atoms with van der Waals surface area (Å²) in [6.45, 7) is 13.4. The number of anilines is 1. The van der Waals surface area contributed by atoms with Crippen LogP contribution in [0, 0.1) is 22.7 Å². The van der Waals surface area contributed by atoms with E-state index in [1.54, 1.807) is 0 Å². The summed E-state index contributed by atoms with van der Waals surface area (Å²) in [5.74, 6) is 0.104. The number of amides is 1. The molecule has 1 aromatic rings. The minimum atomic E-state index is -1.51. The molecule has 2 saturated carbocycles. The van der Waals surface area contributed by atoms with Crippen molar-refractivity contribution in [2.45, 2.75) is 84.3 Å². The topological polar surface area (TPSA) is 69.6 Å². The molecule has 3 aliphatic rings. The van der Waals surface area contributed by atoms with Crippen LogP contribution in [0.25, 0.3) is 0 Å². The molecule has 0 radical (unpaired) electrons. The molecule has 0 aromatic heterocycles. The number of hydrogen-bond donors (Lipinski definition) is 3. The quantitative estimate of drug-likeness (QED) is 0.517. The molecule has 0 saturated heterocycles. The van der Waals surface area contributed by atoms with E-state index < -0.39 is 5.60 Å². The number of rotatable bonds is 5. The van der Waals surface area contributed by atoms with Gasteiger partial charge in [0, 0.05) is 11.3 Å². The molecule has 4 rings (SSSR count). The van der Waals surface area contributed by atoms with Crippen molar-refractivity contribution in [3.05, 3.63) is 53.6 Å². The Morgan fingerprint density at radius 1 is 1.22 bits per heavy atom. The Bertz CT molecular complexity index is 948. The summed E-state index contributed by atoms with van der Waals surface area (Å²) in [5.41, 5.74) is 2.11. The average Bonchev–Trinajstić information content (AvgIpc) is 2.99. The SMILES string of the molecule is C=C1[C@H](C[C@@]2(O)C(=O)Nc3ccccc32)CC[C@H]2[C@](C)(CCC=C(C)C)[C@@H](O)CC[C@]12C. The van der Waals surface area contributed by atoms with Gasteiger partial charge >= 0.3 is 0 Å². The second-order valence-corrected chi connectivity index (χ2v) is 11.2. The molecule has 1 heterocycles. The first kappa shape index (κ1) is 23.3. The van der Waals surface area contributed by atoms with Gasteiger partial charge in [-0.25, -0.2) is 0 Å². The van der Waals surface area contributed by atoms with E-state index in [9.17, 15) is 15.0 Å². The fraction of sp³-hybridized carbons (Fsp3) is 0.607. The predicted octanol–water partition coefficient (Wildman–Crippen LogP) is 5.71. The monoisotopic (exact) mass is 437 g/mol. The summed E-state index contributed by atoms with van der Waals surface area (Å²) in [4.78, 5) is 12.8. The molecule has 0 bridgehead atoms. The molecule has 2 fully saturated rings. The van der Waals surface area contributed by atoms with E-state index in [-0.39, 0.29) is 28.8 Å². The first-order valence-corrected chi connectivity index (χ1v) is 12.2. The maximum absolute atomic E-state index is 12.8. The van der Waals surface area contributed by atoms with Crippen LogP contribution < -0.4 is 5.32 Å². The zero-order chi connectivity index (χ0) is 23.3. The highest BCUT2D eigenvalue weighted by Gasteiger charge is 2.57. The first-order chi connectivity index (χ1) is 15.0. The number of aliphatic hydroxyl groups is 2. The molecule has 0 spiro atoms. The molecule has 174 valence electrons. The fourth-order valence-electron chi connectivity index (χ4n) is 7.04. The van der Waals surface area contributed by atoms with Crippen molar-refractivity contribution in [2.24, 2.45) is 22.7 Å². The summed E-state index contributed by atoms with van der Waals surface area (Å²) in [5, 5.41) is 25.4. The van der Waals surface area contributed by atoms with Crippen LogP contribution in [0.3, 0.4) is 0 Å². The summed E-state index contributed by atoms with van der Waals surface area (Å²) in [6, 6.07) is 7.44. The van der Waals surface area contributed by atoms with Crippen molar-refractivity contribution in [1.82, 2.24) is 0 Å². The fourth-order valence-corrected chi connectivity index (χ4v) is 7.04. The Kier molecular flexibility index (Phi) is 5.92. The Morgan fingerprint density at radius 2 is 1.94 bits per heavy atom. The third-order valence-electron chi connectivity index (χ3n) is 9.07. The number of nitrogens with one attached hydrogen (secondary N) is 1. The Hall–Kier alpha value is -1.91. The second kappa shape index (κ2) is 8.14. The Balaban J connectivity index is 1.58. The number of benzene rings is 1. The van der Waals surface area contributed by atoms with Crippen molar-refractivity contribution in [3.8, 4) is 0 Å². The summed E-state index contributed by atoms with van der Waals surface area (Å²) < 4.78 is 0.